The minimum Gasteiger partial charge on any atom is -0.383 e. The van der Waals surface area contributed by atoms with Crippen molar-refractivity contribution >= 4 is 22.7 Å². The summed E-state index contributed by atoms with van der Waals surface area (Å²) in [6.07, 6.45) is 6.40. The molecule has 1 aliphatic rings. The van der Waals surface area contributed by atoms with Gasteiger partial charge in [0.25, 0.3) is 5.91 Å². The maximum atomic E-state index is 12.8. The Labute approximate surface area is 195 Å². The van der Waals surface area contributed by atoms with Crippen molar-refractivity contribution in [1.82, 2.24) is 15.2 Å². The fourth-order valence-electron chi connectivity index (χ4n) is 4.62. The molecule has 2 heterocycles. The molecule has 2 amide bonds. The SMILES string of the molecule is COCCNC(=O)c1ccc(CC2CCN(C(=O)CCc3c[nH]c4ccccc34)CC2)cc1. The third-order valence-corrected chi connectivity index (χ3v) is 6.58. The molecule has 1 saturated heterocycles. The second kappa shape index (κ2) is 11.1. The molecule has 3 aromatic rings. The molecule has 4 rings (SSSR count). The number of nitrogens with one attached hydrogen (secondary N) is 2. The highest BCUT2D eigenvalue weighted by Crippen LogP contribution is 2.24. The van der Waals surface area contributed by atoms with Gasteiger partial charge in [-0.3, -0.25) is 9.59 Å². The van der Waals surface area contributed by atoms with Crippen molar-refractivity contribution in [2.75, 3.05) is 33.4 Å². The number of nitrogens with zero attached hydrogens (tertiary/aromatic N) is 1. The van der Waals surface area contributed by atoms with Crippen LogP contribution in [0.15, 0.2) is 54.7 Å². The van der Waals surface area contributed by atoms with Crippen LogP contribution in [0.3, 0.4) is 0 Å². The molecule has 0 atom stereocenters. The summed E-state index contributed by atoms with van der Waals surface area (Å²) < 4.78 is 4.96. The second-order valence-electron chi connectivity index (χ2n) is 8.83. The highest BCUT2D eigenvalue weighted by molar-refractivity contribution is 5.94. The number of fused-ring (bicyclic) bond motifs is 1. The van der Waals surface area contributed by atoms with Crippen LogP contribution in [0.25, 0.3) is 10.9 Å². The predicted octanol–water partition coefficient (Wildman–Crippen LogP) is 3.96. The number of carbonyl (C=O) groups excluding carboxylic acids is 2. The standard InChI is InChI=1S/C27H33N3O3/c1-33-17-14-28-27(32)22-8-6-20(7-9-22)18-21-12-15-30(16-13-21)26(31)11-10-23-19-29-25-5-3-2-4-24(23)25/h2-9,19,21,29H,10-18H2,1H3,(H,28,32). The van der Waals surface area contributed by atoms with Crippen LogP contribution in [0.4, 0.5) is 0 Å². The Balaban J connectivity index is 1.21. The number of carbonyl (C=O) groups is 2. The van der Waals surface area contributed by atoms with Gasteiger partial charge in [-0.2, -0.15) is 0 Å². The van der Waals surface area contributed by atoms with Crippen molar-refractivity contribution in [3.05, 3.63) is 71.4 Å². The minimum atomic E-state index is -0.0712. The molecule has 2 N–H and O–H groups in total. The van der Waals surface area contributed by atoms with Crippen molar-refractivity contribution in [2.45, 2.75) is 32.1 Å². The van der Waals surface area contributed by atoms with Crippen LogP contribution in [-0.2, 0) is 22.4 Å². The third kappa shape index (κ3) is 6.02. The van der Waals surface area contributed by atoms with Crippen molar-refractivity contribution in [1.29, 1.82) is 0 Å². The van der Waals surface area contributed by atoms with Gasteiger partial charge in [-0.05, 0) is 60.9 Å². The van der Waals surface area contributed by atoms with E-state index in [1.54, 1.807) is 7.11 Å². The van der Waals surface area contributed by atoms with Gasteiger partial charge >= 0.3 is 0 Å². The topological polar surface area (TPSA) is 74.4 Å². The Morgan fingerprint density at radius 3 is 2.61 bits per heavy atom. The summed E-state index contributed by atoms with van der Waals surface area (Å²) in [4.78, 5) is 30.2. The number of hydrogen-bond acceptors (Lipinski definition) is 3. The van der Waals surface area contributed by atoms with Crippen LogP contribution in [0, 0.1) is 5.92 Å². The van der Waals surface area contributed by atoms with E-state index in [1.807, 2.05) is 47.5 Å². The monoisotopic (exact) mass is 447 g/mol. The minimum absolute atomic E-state index is 0.0712. The molecule has 0 aliphatic carbocycles. The number of methoxy groups -OCH3 is 1. The van der Waals surface area contributed by atoms with E-state index in [9.17, 15) is 9.59 Å². The van der Waals surface area contributed by atoms with Crippen LogP contribution in [-0.4, -0.2) is 55.0 Å². The van der Waals surface area contributed by atoms with Crippen molar-refractivity contribution in [3.8, 4) is 0 Å². The van der Waals surface area contributed by atoms with E-state index in [1.165, 1.54) is 16.5 Å². The fourth-order valence-corrected chi connectivity index (χ4v) is 4.62. The largest absolute Gasteiger partial charge is 0.383 e. The number of piperidine rings is 1. The molecular weight excluding hydrogens is 414 g/mol. The quantitative estimate of drug-likeness (QED) is 0.488. The number of benzene rings is 2. The van der Waals surface area contributed by atoms with Crippen molar-refractivity contribution < 1.29 is 14.3 Å². The number of aryl methyl sites for hydroxylation is 1. The zero-order valence-electron chi connectivity index (χ0n) is 19.3. The summed E-state index contributed by atoms with van der Waals surface area (Å²) in [6, 6.07) is 16.1. The molecule has 174 valence electrons. The number of likely N-dealkylation sites (tertiary alicyclic amines) is 1. The lowest BCUT2D eigenvalue weighted by Gasteiger charge is -2.32. The first-order valence-corrected chi connectivity index (χ1v) is 11.8. The molecule has 1 aromatic heterocycles. The molecular formula is C27H33N3O3. The molecule has 0 unspecified atom stereocenters. The average molecular weight is 448 g/mol. The number of hydrogen-bond donors (Lipinski definition) is 2. The van der Waals surface area contributed by atoms with Gasteiger partial charge in [0.1, 0.15) is 0 Å². The number of rotatable bonds is 9. The molecule has 33 heavy (non-hydrogen) atoms. The van der Waals surface area contributed by atoms with Gasteiger partial charge in [0.05, 0.1) is 6.61 Å². The first kappa shape index (κ1) is 23.1. The van der Waals surface area contributed by atoms with Crippen LogP contribution < -0.4 is 5.32 Å². The summed E-state index contributed by atoms with van der Waals surface area (Å²) in [5.74, 6) is 0.754. The van der Waals surface area contributed by atoms with Crippen LogP contribution in [0.2, 0.25) is 0 Å². The number of para-hydroxylation sites is 1. The Bertz CT molecular complexity index is 1070. The Kier molecular flexibility index (Phi) is 7.79. The van der Waals surface area contributed by atoms with Crippen molar-refractivity contribution in [3.63, 3.8) is 0 Å². The smallest absolute Gasteiger partial charge is 0.251 e. The average Bonchev–Trinajstić information content (AvgIpc) is 3.27. The normalized spacial score (nSPS) is 14.5. The highest BCUT2D eigenvalue weighted by Gasteiger charge is 2.23. The summed E-state index contributed by atoms with van der Waals surface area (Å²) in [5, 5.41) is 4.05. The lowest BCUT2D eigenvalue weighted by molar-refractivity contribution is -0.132. The molecule has 0 bridgehead atoms. The lowest BCUT2D eigenvalue weighted by atomic mass is 9.89. The van der Waals surface area contributed by atoms with Gasteiger partial charge in [0.15, 0.2) is 0 Å². The Morgan fingerprint density at radius 1 is 1.09 bits per heavy atom. The Morgan fingerprint density at radius 2 is 1.85 bits per heavy atom. The van der Waals surface area contributed by atoms with E-state index >= 15 is 0 Å². The molecule has 6 heteroatoms. The van der Waals surface area contributed by atoms with Gasteiger partial charge in [-0.1, -0.05) is 30.3 Å². The lowest BCUT2D eigenvalue weighted by Crippen LogP contribution is -2.39. The maximum absolute atomic E-state index is 12.8. The summed E-state index contributed by atoms with van der Waals surface area (Å²) in [6.45, 7) is 2.68. The van der Waals surface area contributed by atoms with E-state index in [4.69, 9.17) is 4.74 Å². The third-order valence-electron chi connectivity index (χ3n) is 6.58. The van der Waals surface area contributed by atoms with Crippen molar-refractivity contribution in [2.24, 2.45) is 5.92 Å². The highest BCUT2D eigenvalue weighted by atomic mass is 16.5. The van der Waals surface area contributed by atoms with Crippen LogP contribution >= 0.6 is 0 Å². The molecule has 1 aliphatic heterocycles. The zero-order valence-corrected chi connectivity index (χ0v) is 19.3. The molecule has 0 saturated carbocycles. The van der Waals surface area contributed by atoms with Gasteiger partial charge in [0, 0.05) is 55.8 Å². The maximum Gasteiger partial charge on any atom is 0.251 e. The molecule has 0 spiro atoms. The van der Waals surface area contributed by atoms with E-state index in [-0.39, 0.29) is 11.8 Å². The van der Waals surface area contributed by atoms with E-state index in [2.05, 4.69) is 22.4 Å². The predicted molar refractivity (Wildman–Crippen MR) is 130 cm³/mol. The fraction of sp³-hybridized carbons (Fsp3) is 0.407. The van der Waals surface area contributed by atoms with E-state index in [0.29, 0.717) is 31.1 Å². The second-order valence-corrected chi connectivity index (χ2v) is 8.83. The summed E-state index contributed by atoms with van der Waals surface area (Å²) >= 11 is 0. The number of ether oxygens (including phenoxy) is 1. The number of aromatic nitrogens is 1. The van der Waals surface area contributed by atoms with Gasteiger partial charge in [-0.15, -0.1) is 0 Å². The van der Waals surface area contributed by atoms with Gasteiger partial charge < -0.3 is 19.9 Å². The number of amides is 2. The summed E-state index contributed by atoms with van der Waals surface area (Å²) in [7, 11) is 1.62. The van der Waals surface area contributed by atoms with E-state index in [0.717, 1.165) is 44.3 Å². The molecule has 1 fully saturated rings. The summed E-state index contributed by atoms with van der Waals surface area (Å²) in [5.41, 5.74) is 4.25. The van der Waals surface area contributed by atoms with E-state index < -0.39 is 0 Å². The van der Waals surface area contributed by atoms with Gasteiger partial charge in [0.2, 0.25) is 5.91 Å². The zero-order chi connectivity index (χ0) is 23.0. The number of aromatic amines is 1. The first-order valence-electron chi connectivity index (χ1n) is 11.8. The molecule has 2 aromatic carbocycles. The Hall–Kier alpha value is -3.12. The number of H-pyrrole nitrogens is 1. The van der Waals surface area contributed by atoms with Crippen LogP contribution in [0.5, 0.6) is 0 Å². The molecule has 0 radical (unpaired) electrons. The first-order chi connectivity index (χ1) is 16.1. The van der Waals surface area contributed by atoms with Gasteiger partial charge in [-0.25, -0.2) is 0 Å². The van der Waals surface area contributed by atoms with Crippen LogP contribution in [0.1, 0.15) is 40.7 Å². The molecule has 6 nitrogen and oxygen atoms in total.